The topological polar surface area (TPSA) is 84.9 Å². The van der Waals surface area contributed by atoms with Crippen molar-refractivity contribution in [1.82, 2.24) is 4.31 Å². The van der Waals surface area contributed by atoms with Crippen LogP contribution in [0.5, 0.6) is 5.75 Å². The summed E-state index contributed by atoms with van der Waals surface area (Å²) in [5.41, 5.74) is 0.342. The molecule has 1 amide bonds. The zero-order valence-electron chi connectivity index (χ0n) is 15.3. The molecule has 9 heteroatoms. The van der Waals surface area contributed by atoms with E-state index in [1.165, 1.54) is 40.7 Å². The molecule has 7 nitrogen and oxygen atoms in total. The molecule has 2 aromatic carbocycles. The zero-order chi connectivity index (χ0) is 20.1. The van der Waals surface area contributed by atoms with Gasteiger partial charge in [0.25, 0.3) is 5.91 Å². The van der Waals surface area contributed by atoms with Crippen LogP contribution in [0.4, 0.5) is 10.1 Å². The highest BCUT2D eigenvalue weighted by molar-refractivity contribution is 7.89. The molecule has 0 saturated carbocycles. The van der Waals surface area contributed by atoms with Crippen LogP contribution in [0.1, 0.15) is 6.92 Å². The van der Waals surface area contributed by atoms with Crippen molar-refractivity contribution in [2.45, 2.75) is 17.9 Å². The second kappa shape index (κ2) is 8.68. The molecule has 0 spiro atoms. The van der Waals surface area contributed by atoms with E-state index in [0.717, 1.165) is 0 Å². The summed E-state index contributed by atoms with van der Waals surface area (Å²) in [5, 5.41) is 2.64. The second-order valence-electron chi connectivity index (χ2n) is 6.25. The minimum Gasteiger partial charge on any atom is -0.481 e. The normalized spacial score (nSPS) is 16.4. The average molecular weight is 408 g/mol. The van der Waals surface area contributed by atoms with Crippen LogP contribution in [0.3, 0.4) is 0 Å². The summed E-state index contributed by atoms with van der Waals surface area (Å²) in [5.74, 6) is -0.499. The Hall–Kier alpha value is -2.49. The maximum absolute atomic E-state index is 12.9. The van der Waals surface area contributed by atoms with E-state index >= 15 is 0 Å². The minimum atomic E-state index is -3.66. The highest BCUT2D eigenvalue weighted by Crippen LogP contribution is 2.21. The number of ether oxygens (including phenoxy) is 2. The molecule has 3 rings (SSSR count). The predicted octanol–water partition coefficient (Wildman–Crippen LogP) is 2.25. The van der Waals surface area contributed by atoms with Crippen molar-refractivity contribution in [2.24, 2.45) is 0 Å². The number of carbonyl (C=O) groups excluding carboxylic acids is 1. The van der Waals surface area contributed by atoms with Crippen molar-refractivity contribution in [3.8, 4) is 5.75 Å². The minimum absolute atomic E-state index is 0.0966. The number of anilines is 1. The fraction of sp³-hybridized carbons (Fsp3) is 0.316. The molecule has 0 bridgehead atoms. The van der Waals surface area contributed by atoms with Gasteiger partial charge in [0.05, 0.1) is 18.1 Å². The molecule has 2 aromatic rings. The third-order valence-electron chi connectivity index (χ3n) is 4.21. The number of sulfonamides is 1. The maximum atomic E-state index is 12.9. The van der Waals surface area contributed by atoms with Crippen LogP contribution in [0.2, 0.25) is 0 Å². The molecule has 1 aliphatic heterocycles. The van der Waals surface area contributed by atoms with Crippen LogP contribution in [-0.2, 0) is 19.6 Å². The van der Waals surface area contributed by atoms with Crippen LogP contribution >= 0.6 is 0 Å². The highest BCUT2D eigenvalue weighted by Gasteiger charge is 2.26. The molecule has 1 unspecified atom stereocenters. The lowest BCUT2D eigenvalue weighted by atomic mass is 10.3. The first kappa shape index (κ1) is 20.2. The van der Waals surface area contributed by atoms with E-state index in [1.807, 2.05) is 0 Å². The van der Waals surface area contributed by atoms with Gasteiger partial charge in [0.1, 0.15) is 11.6 Å². The van der Waals surface area contributed by atoms with Crippen LogP contribution in [0.15, 0.2) is 53.4 Å². The number of rotatable bonds is 6. The largest absolute Gasteiger partial charge is 0.481 e. The lowest BCUT2D eigenvalue weighted by Crippen LogP contribution is -2.40. The summed E-state index contributed by atoms with van der Waals surface area (Å²) in [6, 6.07) is 11.4. The number of benzene rings is 2. The third kappa shape index (κ3) is 4.86. The summed E-state index contributed by atoms with van der Waals surface area (Å²) in [6.45, 7) is 2.84. The SMILES string of the molecule is CC(Oc1ccc(F)cc1)C(=O)Nc1cccc(S(=O)(=O)N2CCOCC2)c1. The van der Waals surface area contributed by atoms with Crippen molar-refractivity contribution >= 4 is 21.6 Å². The number of amides is 1. The van der Waals surface area contributed by atoms with Gasteiger partial charge in [-0.1, -0.05) is 6.07 Å². The molecule has 1 saturated heterocycles. The number of halogens is 1. The van der Waals surface area contributed by atoms with Crippen molar-refractivity contribution in [2.75, 3.05) is 31.6 Å². The van der Waals surface area contributed by atoms with Gasteiger partial charge in [-0.15, -0.1) is 0 Å². The average Bonchev–Trinajstić information content (AvgIpc) is 2.70. The van der Waals surface area contributed by atoms with Gasteiger partial charge in [-0.05, 0) is 49.4 Å². The van der Waals surface area contributed by atoms with E-state index in [0.29, 0.717) is 37.7 Å². The molecule has 1 fully saturated rings. The number of hydrogen-bond acceptors (Lipinski definition) is 5. The fourth-order valence-electron chi connectivity index (χ4n) is 2.69. The summed E-state index contributed by atoms with van der Waals surface area (Å²) < 4.78 is 50.4. The number of carbonyl (C=O) groups is 1. The Morgan fingerprint density at radius 3 is 2.54 bits per heavy atom. The van der Waals surface area contributed by atoms with Crippen molar-refractivity contribution < 1.29 is 27.1 Å². The fourth-order valence-corrected chi connectivity index (χ4v) is 4.14. The Morgan fingerprint density at radius 2 is 1.86 bits per heavy atom. The molecule has 0 radical (unpaired) electrons. The first-order valence-electron chi connectivity index (χ1n) is 8.77. The van der Waals surface area contributed by atoms with Crippen molar-refractivity contribution in [1.29, 1.82) is 0 Å². The first-order chi connectivity index (χ1) is 13.4. The van der Waals surface area contributed by atoms with Gasteiger partial charge in [0, 0.05) is 18.8 Å². The first-order valence-corrected chi connectivity index (χ1v) is 10.2. The van der Waals surface area contributed by atoms with Crippen LogP contribution < -0.4 is 10.1 Å². The summed E-state index contributed by atoms with van der Waals surface area (Å²) in [7, 11) is -3.66. The quantitative estimate of drug-likeness (QED) is 0.793. The molecule has 1 N–H and O–H groups in total. The molecule has 150 valence electrons. The van der Waals surface area contributed by atoms with E-state index in [4.69, 9.17) is 9.47 Å². The van der Waals surface area contributed by atoms with Gasteiger partial charge in [-0.3, -0.25) is 4.79 Å². The molecule has 1 heterocycles. The van der Waals surface area contributed by atoms with E-state index in [9.17, 15) is 17.6 Å². The number of nitrogens with zero attached hydrogens (tertiary/aromatic N) is 1. The predicted molar refractivity (Wildman–Crippen MR) is 101 cm³/mol. The summed E-state index contributed by atoms with van der Waals surface area (Å²) in [4.78, 5) is 12.5. The molecule has 1 atom stereocenters. The van der Waals surface area contributed by atoms with Crippen LogP contribution in [0, 0.1) is 5.82 Å². The number of morpholine rings is 1. The van der Waals surface area contributed by atoms with E-state index in [2.05, 4.69) is 5.32 Å². The van der Waals surface area contributed by atoms with Gasteiger partial charge in [-0.2, -0.15) is 4.31 Å². The number of nitrogens with one attached hydrogen (secondary N) is 1. The highest BCUT2D eigenvalue weighted by atomic mass is 32.2. The Morgan fingerprint density at radius 1 is 1.18 bits per heavy atom. The molecular formula is C19H21FN2O5S. The molecule has 0 aromatic heterocycles. The van der Waals surface area contributed by atoms with Gasteiger partial charge in [-0.25, -0.2) is 12.8 Å². The zero-order valence-corrected chi connectivity index (χ0v) is 16.1. The lowest BCUT2D eigenvalue weighted by Gasteiger charge is -2.26. The standard InChI is InChI=1S/C19H21FN2O5S/c1-14(27-17-7-5-15(20)6-8-17)19(23)21-16-3-2-4-18(13-16)28(24,25)22-9-11-26-12-10-22/h2-8,13-14H,9-12H2,1H3,(H,21,23). The van der Waals surface area contributed by atoms with Crippen LogP contribution in [0.25, 0.3) is 0 Å². The second-order valence-corrected chi connectivity index (χ2v) is 8.19. The Labute approximate surface area is 163 Å². The van der Waals surface area contributed by atoms with Gasteiger partial charge >= 0.3 is 0 Å². The van der Waals surface area contributed by atoms with E-state index in [1.54, 1.807) is 19.1 Å². The smallest absolute Gasteiger partial charge is 0.265 e. The summed E-state index contributed by atoms with van der Waals surface area (Å²) >= 11 is 0. The maximum Gasteiger partial charge on any atom is 0.265 e. The van der Waals surface area contributed by atoms with Gasteiger partial charge in [0.2, 0.25) is 10.0 Å². The van der Waals surface area contributed by atoms with Crippen LogP contribution in [-0.4, -0.2) is 51.0 Å². The van der Waals surface area contributed by atoms with Gasteiger partial charge in [0.15, 0.2) is 6.10 Å². The summed E-state index contributed by atoms with van der Waals surface area (Å²) in [6.07, 6.45) is -0.857. The Kier molecular flexibility index (Phi) is 6.28. The van der Waals surface area contributed by atoms with E-state index in [-0.39, 0.29) is 4.90 Å². The monoisotopic (exact) mass is 408 g/mol. The lowest BCUT2D eigenvalue weighted by molar-refractivity contribution is -0.122. The van der Waals surface area contributed by atoms with Crippen molar-refractivity contribution in [3.63, 3.8) is 0 Å². The number of hydrogen-bond donors (Lipinski definition) is 1. The molecular weight excluding hydrogens is 387 g/mol. The van der Waals surface area contributed by atoms with Gasteiger partial charge < -0.3 is 14.8 Å². The Bertz CT molecular complexity index is 928. The molecule has 0 aliphatic carbocycles. The van der Waals surface area contributed by atoms with Crippen molar-refractivity contribution in [3.05, 3.63) is 54.3 Å². The Balaban J connectivity index is 1.68. The third-order valence-corrected chi connectivity index (χ3v) is 6.10. The molecule has 28 heavy (non-hydrogen) atoms. The van der Waals surface area contributed by atoms with E-state index < -0.39 is 27.9 Å². The molecule has 1 aliphatic rings.